The van der Waals surface area contributed by atoms with E-state index in [9.17, 15) is 0 Å². The molecule has 0 N–H and O–H groups in total. The van der Waals surface area contributed by atoms with Crippen LogP contribution < -0.4 is 0 Å². The topological polar surface area (TPSA) is 27.0 Å². The fourth-order valence-electron chi connectivity index (χ4n) is 2.06. The minimum Gasteiger partial charge on any atom is -0.306 e. The zero-order chi connectivity index (χ0) is 9.14. The van der Waals surface area contributed by atoms with Gasteiger partial charge in [-0.2, -0.15) is 5.26 Å². The van der Waals surface area contributed by atoms with Crippen LogP contribution in [0.4, 0.5) is 0 Å². The van der Waals surface area contributed by atoms with E-state index in [-0.39, 0.29) is 5.92 Å². The van der Waals surface area contributed by atoms with E-state index in [2.05, 4.69) is 31.9 Å². The summed E-state index contributed by atoms with van der Waals surface area (Å²) in [6, 6.07) is 2.44. The molecule has 68 valence electrons. The van der Waals surface area contributed by atoms with Crippen molar-refractivity contribution < 1.29 is 0 Å². The molecule has 1 aliphatic heterocycles. The van der Waals surface area contributed by atoms with Gasteiger partial charge in [-0.05, 0) is 31.8 Å². The van der Waals surface area contributed by atoms with E-state index in [1.54, 1.807) is 0 Å². The highest BCUT2D eigenvalue weighted by atomic mass is 15.1. The van der Waals surface area contributed by atoms with E-state index in [0.29, 0.717) is 11.8 Å². The molecule has 0 saturated carbocycles. The molecule has 0 spiro atoms. The predicted octanol–water partition coefficient (Wildman–Crippen LogP) is 1.73. The number of nitriles is 1. The van der Waals surface area contributed by atoms with Gasteiger partial charge in [0, 0.05) is 6.54 Å². The molecule has 2 nitrogen and oxygen atoms in total. The lowest BCUT2D eigenvalue weighted by Crippen LogP contribution is -2.22. The highest BCUT2D eigenvalue weighted by Crippen LogP contribution is 2.27. The molecule has 12 heavy (non-hydrogen) atoms. The fourth-order valence-corrected chi connectivity index (χ4v) is 2.06. The molecule has 0 aromatic carbocycles. The number of nitrogens with zero attached hydrogens (tertiary/aromatic N) is 2. The third kappa shape index (κ3) is 1.98. The second-order valence-electron chi connectivity index (χ2n) is 4.21. The third-order valence-corrected chi connectivity index (χ3v) is 2.80. The van der Waals surface area contributed by atoms with Gasteiger partial charge >= 0.3 is 0 Å². The molecule has 1 aliphatic rings. The van der Waals surface area contributed by atoms with E-state index in [1.807, 2.05) is 0 Å². The molecular weight excluding hydrogens is 148 g/mol. The second-order valence-corrected chi connectivity index (χ2v) is 4.21. The summed E-state index contributed by atoms with van der Waals surface area (Å²) in [7, 11) is 2.13. The van der Waals surface area contributed by atoms with Gasteiger partial charge < -0.3 is 4.90 Å². The predicted molar refractivity (Wildman–Crippen MR) is 49.5 cm³/mol. The summed E-state index contributed by atoms with van der Waals surface area (Å²) >= 11 is 0. The molecule has 0 amide bonds. The first-order valence-corrected chi connectivity index (χ1v) is 4.73. The Labute approximate surface area is 75.2 Å². The molecule has 1 heterocycles. The van der Waals surface area contributed by atoms with Crippen LogP contribution in [0.1, 0.15) is 20.3 Å². The molecule has 0 bridgehead atoms. The monoisotopic (exact) mass is 166 g/mol. The maximum atomic E-state index is 8.97. The minimum atomic E-state index is 0.259. The first kappa shape index (κ1) is 9.54. The molecule has 2 heteroatoms. The molecule has 2 unspecified atom stereocenters. The summed E-state index contributed by atoms with van der Waals surface area (Å²) in [4.78, 5) is 2.32. The lowest BCUT2D eigenvalue weighted by molar-refractivity contribution is 0.310. The van der Waals surface area contributed by atoms with E-state index in [0.717, 1.165) is 13.1 Å². The summed E-state index contributed by atoms with van der Waals surface area (Å²) in [5, 5.41) is 8.97. The Hall–Kier alpha value is -0.550. The molecule has 0 aromatic rings. The van der Waals surface area contributed by atoms with E-state index in [4.69, 9.17) is 5.26 Å². The molecule has 1 fully saturated rings. The summed E-state index contributed by atoms with van der Waals surface area (Å²) in [5.41, 5.74) is 0. The van der Waals surface area contributed by atoms with Crippen LogP contribution in [0.25, 0.3) is 0 Å². The van der Waals surface area contributed by atoms with Crippen molar-refractivity contribution in [2.45, 2.75) is 20.3 Å². The first-order valence-electron chi connectivity index (χ1n) is 4.73. The molecule has 2 atom stereocenters. The average Bonchev–Trinajstić information content (AvgIpc) is 2.37. The fraction of sp³-hybridized carbons (Fsp3) is 0.900. The summed E-state index contributed by atoms with van der Waals surface area (Å²) in [6.07, 6.45) is 1.20. The Morgan fingerprint density at radius 1 is 1.50 bits per heavy atom. The minimum absolute atomic E-state index is 0.259. The van der Waals surface area contributed by atoms with Gasteiger partial charge in [0.15, 0.2) is 0 Å². The lowest BCUT2D eigenvalue weighted by Gasteiger charge is -2.19. The van der Waals surface area contributed by atoms with Crippen LogP contribution in [0.15, 0.2) is 0 Å². The summed E-state index contributed by atoms with van der Waals surface area (Å²) in [5.74, 6) is 1.38. The molecule has 1 saturated heterocycles. The zero-order valence-corrected chi connectivity index (χ0v) is 8.25. The molecular formula is C10H18N2. The number of rotatable bonds is 2. The Morgan fingerprint density at radius 3 is 2.50 bits per heavy atom. The van der Waals surface area contributed by atoms with Crippen molar-refractivity contribution in [1.82, 2.24) is 4.90 Å². The Morgan fingerprint density at radius 2 is 2.17 bits per heavy atom. The van der Waals surface area contributed by atoms with Crippen molar-refractivity contribution >= 4 is 0 Å². The van der Waals surface area contributed by atoms with E-state index >= 15 is 0 Å². The van der Waals surface area contributed by atoms with Gasteiger partial charge in [-0.15, -0.1) is 0 Å². The zero-order valence-electron chi connectivity index (χ0n) is 8.25. The van der Waals surface area contributed by atoms with Gasteiger partial charge in [0.25, 0.3) is 0 Å². The van der Waals surface area contributed by atoms with Crippen molar-refractivity contribution in [3.8, 4) is 6.07 Å². The largest absolute Gasteiger partial charge is 0.306 e. The quantitative estimate of drug-likeness (QED) is 0.624. The van der Waals surface area contributed by atoms with Gasteiger partial charge in [-0.3, -0.25) is 0 Å². The Balaban J connectivity index is 2.51. The van der Waals surface area contributed by atoms with Crippen LogP contribution in [0.3, 0.4) is 0 Å². The third-order valence-electron chi connectivity index (χ3n) is 2.80. The molecule has 1 rings (SSSR count). The van der Waals surface area contributed by atoms with Gasteiger partial charge in [0.05, 0.1) is 12.0 Å². The summed E-state index contributed by atoms with van der Waals surface area (Å²) in [6.45, 7) is 6.56. The second kappa shape index (κ2) is 3.91. The van der Waals surface area contributed by atoms with Crippen LogP contribution in [0.2, 0.25) is 0 Å². The van der Waals surface area contributed by atoms with Crippen LogP contribution in [-0.2, 0) is 0 Å². The Bertz CT molecular complexity index is 181. The van der Waals surface area contributed by atoms with Gasteiger partial charge in [0.1, 0.15) is 0 Å². The maximum Gasteiger partial charge on any atom is 0.0661 e. The highest BCUT2D eigenvalue weighted by Gasteiger charge is 2.29. The van der Waals surface area contributed by atoms with Crippen molar-refractivity contribution in [2.24, 2.45) is 17.8 Å². The van der Waals surface area contributed by atoms with Crippen LogP contribution in [0, 0.1) is 29.1 Å². The maximum absolute atomic E-state index is 8.97. The SMILES string of the molecule is CC(C)C(C#N)C1CCN(C)C1. The average molecular weight is 166 g/mol. The molecule has 0 radical (unpaired) electrons. The van der Waals surface area contributed by atoms with Gasteiger partial charge in [-0.25, -0.2) is 0 Å². The normalized spacial score (nSPS) is 27.4. The molecule has 0 aliphatic carbocycles. The van der Waals surface area contributed by atoms with Crippen molar-refractivity contribution in [3.05, 3.63) is 0 Å². The number of hydrogen-bond acceptors (Lipinski definition) is 2. The van der Waals surface area contributed by atoms with E-state index < -0.39 is 0 Å². The van der Waals surface area contributed by atoms with Crippen molar-refractivity contribution in [1.29, 1.82) is 5.26 Å². The Kier molecular flexibility index (Phi) is 3.11. The first-order chi connectivity index (χ1) is 5.65. The van der Waals surface area contributed by atoms with Crippen LogP contribution in [-0.4, -0.2) is 25.0 Å². The smallest absolute Gasteiger partial charge is 0.0661 e. The number of hydrogen-bond donors (Lipinski definition) is 0. The summed E-state index contributed by atoms with van der Waals surface area (Å²) < 4.78 is 0. The van der Waals surface area contributed by atoms with Crippen molar-refractivity contribution in [3.63, 3.8) is 0 Å². The lowest BCUT2D eigenvalue weighted by atomic mass is 9.84. The van der Waals surface area contributed by atoms with Gasteiger partial charge in [-0.1, -0.05) is 13.8 Å². The van der Waals surface area contributed by atoms with Crippen LogP contribution in [0.5, 0.6) is 0 Å². The van der Waals surface area contributed by atoms with Crippen LogP contribution >= 0.6 is 0 Å². The number of likely N-dealkylation sites (tertiary alicyclic amines) is 1. The van der Waals surface area contributed by atoms with Crippen molar-refractivity contribution in [2.75, 3.05) is 20.1 Å². The molecule has 0 aromatic heterocycles. The standard InChI is InChI=1S/C10H18N2/c1-8(2)10(6-11)9-4-5-12(3)7-9/h8-10H,4-5,7H2,1-3H3. The van der Waals surface area contributed by atoms with Gasteiger partial charge in [0.2, 0.25) is 0 Å². The highest BCUT2D eigenvalue weighted by molar-refractivity contribution is 4.93. The van der Waals surface area contributed by atoms with E-state index in [1.165, 1.54) is 6.42 Å².